The van der Waals surface area contributed by atoms with E-state index in [4.69, 9.17) is 0 Å². The number of hydrogen-bond donors (Lipinski definition) is 1. The van der Waals surface area contributed by atoms with Crippen molar-refractivity contribution in [1.82, 2.24) is 4.98 Å². The van der Waals surface area contributed by atoms with Crippen LogP contribution in [0.4, 0.5) is 11.4 Å². The van der Waals surface area contributed by atoms with Crippen LogP contribution in [0.5, 0.6) is 0 Å². The molecule has 2 fully saturated rings. The van der Waals surface area contributed by atoms with Gasteiger partial charge < -0.3 is 10.2 Å². The smallest absolute Gasteiger partial charge is 0.257 e. The number of nitrogens with one attached hydrogen (secondary N) is 1. The van der Waals surface area contributed by atoms with Crippen molar-refractivity contribution in [3.63, 3.8) is 0 Å². The van der Waals surface area contributed by atoms with Gasteiger partial charge in [0.05, 0.1) is 21.6 Å². The Labute approximate surface area is 176 Å². The van der Waals surface area contributed by atoms with Gasteiger partial charge in [0, 0.05) is 28.2 Å². The molecular weight excluding hydrogens is 469 g/mol. The second kappa shape index (κ2) is 6.74. The molecule has 3 heterocycles. The largest absolute Gasteiger partial charge is 0.371 e. The number of carbonyl (C=O) groups is 1. The van der Waals surface area contributed by atoms with Crippen molar-refractivity contribution in [2.45, 2.75) is 25.7 Å². The van der Waals surface area contributed by atoms with E-state index in [1.165, 1.54) is 25.7 Å². The molecule has 0 unspecified atom stereocenters. The fraction of sp³-hybridized carbons (Fsp3) is 0.333. The third kappa shape index (κ3) is 3.33. The van der Waals surface area contributed by atoms with E-state index < -0.39 is 0 Å². The molecule has 1 amide bonds. The minimum atomic E-state index is -0.0570. The summed E-state index contributed by atoms with van der Waals surface area (Å²) in [6.07, 6.45) is 7.04. The number of fused-ring (bicyclic) bond motifs is 1. The van der Waals surface area contributed by atoms with Crippen molar-refractivity contribution in [3.05, 3.63) is 51.0 Å². The van der Waals surface area contributed by atoms with Gasteiger partial charge in [0.25, 0.3) is 5.91 Å². The number of rotatable bonds is 3. The first-order chi connectivity index (χ1) is 13.1. The van der Waals surface area contributed by atoms with Crippen LogP contribution in [0.15, 0.2) is 41.9 Å². The van der Waals surface area contributed by atoms with E-state index in [1.54, 1.807) is 17.5 Å². The maximum atomic E-state index is 13.1. The van der Waals surface area contributed by atoms with E-state index in [0.29, 0.717) is 5.41 Å². The fourth-order valence-electron chi connectivity index (χ4n) is 4.00. The standard InChI is InChI=1S/C21H20IN3OS/c22-14-3-4-15(17(12-14)25-10-7-21(5-6-21)8-11-25)20(26)24-16-13-27-18-2-1-9-23-19(16)18/h1-4,9,12-13H,5-8,10-11H2,(H,24,26). The molecule has 1 N–H and O–H groups in total. The van der Waals surface area contributed by atoms with E-state index in [9.17, 15) is 4.79 Å². The molecule has 1 spiro atoms. The third-order valence-electron chi connectivity index (χ3n) is 5.90. The average Bonchev–Trinajstić information content (AvgIpc) is 3.32. The molecule has 1 aromatic carbocycles. The predicted molar refractivity (Wildman–Crippen MR) is 120 cm³/mol. The van der Waals surface area contributed by atoms with E-state index in [-0.39, 0.29) is 5.91 Å². The van der Waals surface area contributed by atoms with Crippen LogP contribution in [0.3, 0.4) is 0 Å². The highest BCUT2D eigenvalue weighted by molar-refractivity contribution is 14.1. The lowest BCUT2D eigenvalue weighted by molar-refractivity contribution is 0.102. The molecule has 27 heavy (non-hydrogen) atoms. The summed E-state index contributed by atoms with van der Waals surface area (Å²) in [6, 6.07) is 10.1. The van der Waals surface area contributed by atoms with Crippen LogP contribution in [-0.2, 0) is 0 Å². The number of anilines is 2. The van der Waals surface area contributed by atoms with E-state index in [1.807, 2.05) is 29.6 Å². The first-order valence-electron chi connectivity index (χ1n) is 9.32. The Kier molecular flexibility index (Phi) is 4.35. The van der Waals surface area contributed by atoms with Crippen LogP contribution in [-0.4, -0.2) is 24.0 Å². The highest BCUT2D eigenvalue weighted by atomic mass is 127. The predicted octanol–water partition coefficient (Wildman–Crippen LogP) is 5.53. The zero-order valence-electron chi connectivity index (χ0n) is 14.9. The van der Waals surface area contributed by atoms with Gasteiger partial charge in [0.15, 0.2) is 0 Å². The zero-order chi connectivity index (χ0) is 18.4. The molecule has 1 aliphatic heterocycles. The van der Waals surface area contributed by atoms with Crippen molar-refractivity contribution in [3.8, 4) is 0 Å². The van der Waals surface area contributed by atoms with Crippen LogP contribution in [0.1, 0.15) is 36.0 Å². The molecule has 0 radical (unpaired) electrons. The second-order valence-electron chi connectivity index (χ2n) is 7.60. The number of pyridine rings is 1. The number of amides is 1. The van der Waals surface area contributed by atoms with Crippen LogP contribution in [0, 0.1) is 8.99 Å². The number of aromatic nitrogens is 1. The topological polar surface area (TPSA) is 45.2 Å². The van der Waals surface area contributed by atoms with E-state index in [2.05, 4.69) is 43.9 Å². The molecule has 2 aliphatic rings. The van der Waals surface area contributed by atoms with Crippen molar-refractivity contribution in [2.75, 3.05) is 23.3 Å². The minimum Gasteiger partial charge on any atom is -0.371 e. The number of benzene rings is 1. The van der Waals surface area contributed by atoms with E-state index >= 15 is 0 Å². The van der Waals surface area contributed by atoms with Gasteiger partial charge in [0.2, 0.25) is 0 Å². The molecule has 138 valence electrons. The van der Waals surface area contributed by atoms with Gasteiger partial charge in [-0.2, -0.15) is 0 Å². The maximum absolute atomic E-state index is 13.1. The molecule has 4 nitrogen and oxygen atoms in total. The summed E-state index contributed by atoms with van der Waals surface area (Å²) < 4.78 is 2.25. The first kappa shape index (κ1) is 17.4. The van der Waals surface area contributed by atoms with Crippen LogP contribution >= 0.6 is 33.9 Å². The quantitative estimate of drug-likeness (QED) is 0.492. The highest BCUT2D eigenvalue weighted by Gasteiger charge is 2.44. The van der Waals surface area contributed by atoms with Gasteiger partial charge in [-0.3, -0.25) is 9.78 Å². The van der Waals surface area contributed by atoms with Gasteiger partial charge in [-0.25, -0.2) is 0 Å². The van der Waals surface area contributed by atoms with Gasteiger partial charge in [-0.05, 0) is 84.0 Å². The lowest BCUT2D eigenvalue weighted by atomic mass is 9.93. The first-order valence-corrected chi connectivity index (χ1v) is 11.3. The molecule has 5 rings (SSSR count). The number of nitrogens with zero attached hydrogens (tertiary/aromatic N) is 2. The Bertz CT molecular complexity index is 1020. The summed E-state index contributed by atoms with van der Waals surface area (Å²) in [6.45, 7) is 2.09. The minimum absolute atomic E-state index is 0.0570. The Hall–Kier alpha value is -1.67. The van der Waals surface area contributed by atoms with Crippen LogP contribution in [0.25, 0.3) is 10.2 Å². The van der Waals surface area contributed by atoms with E-state index in [0.717, 1.165) is 43.8 Å². The summed E-state index contributed by atoms with van der Waals surface area (Å²) in [4.78, 5) is 19.9. The summed E-state index contributed by atoms with van der Waals surface area (Å²) >= 11 is 3.93. The Morgan fingerprint density at radius 3 is 2.78 bits per heavy atom. The summed E-state index contributed by atoms with van der Waals surface area (Å²) in [5, 5.41) is 5.06. The van der Waals surface area contributed by atoms with Crippen molar-refractivity contribution < 1.29 is 4.79 Å². The normalized spacial score (nSPS) is 18.0. The van der Waals surface area contributed by atoms with Crippen molar-refractivity contribution >= 4 is 61.4 Å². The van der Waals surface area contributed by atoms with Crippen molar-refractivity contribution in [2.24, 2.45) is 5.41 Å². The number of thiophene rings is 1. The monoisotopic (exact) mass is 489 g/mol. The van der Waals surface area contributed by atoms with Gasteiger partial charge in [-0.15, -0.1) is 11.3 Å². The molecule has 1 saturated heterocycles. The highest BCUT2D eigenvalue weighted by Crippen LogP contribution is 2.54. The van der Waals surface area contributed by atoms with Gasteiger partial charge >= 0.3 is 0 Å². The Balaban J connectivity index is 1.43. The third-order valence-corrected chi connectivity index (χ3v) is 7.51. The van der Waals surface area contributed by atoms with Crippen molar-refractivity contribution in [1.29, 1.82) is 0 Å². The lowest BCUT2D eigenvalue weighted by Gasteiger charge is -2.35. The fourth-order valence-corrected chi connectivity index (χ4v) is 5.32. The lowest BCUT2D eigenvalue weighted by Crippen LogP contribution is -2.35. The molecule has 2 aromatic heterocycles. The number of hydrogen-bond acceptors (Lipinski definition) is 4. The Morgan fingerprint density at radius 1 is 1.19 bits per heavy atom. The molecule has 1 saturated carbocycles. The molecule has 0 bridgehead atoms. The number of piperidine rings is 1. The molecule has 1 aliphatic carbocycles. The molecular formula is C21H20IN3OS. The maximum Gasteiger partial charge on any atom is 0.257 e. The summed E-state index contributed by atoms with van der Waals surface area (Å²) in [7, 11) is 0. The van der Waals surface area contributed by atoms with Crippen LogP contribution < -0.4 is 10.2 Å². The van der Waals surface area contributed by atoms with Crippen LogP contribution in [0.2, 0.25) is 0 Å². The number of carbonyl (C=O) groups excluding carboxylic acids is 1. The second-order valence-corrected chi connectivity index (χ2v) is 9.76. The van der Waals surface area contributed by atoms with Gasteiger partial charge in [0.1, 0.15) is 5.52 Å². The SMILES string of the molecule is O=C(Nc1csc2cccnc12)c1ccc(I)cc1N1CCC2(CC1)CC2. The zero-order valence-corrected chi connectivity index (χ0v) is 17.8. The molecule has 3 aromatic rings. The average molecular weight is 489 g/mol. The molecule has 6 heteroatoms. The summed E-state index contributed by atoms with van der Waals surface area (Å²) in [5.41, 5.74) is 4.08. The Morgan fingerprint density at radius 2 is 2.00 bits per heavy atom. The summed E-state index contributed by atoms with van der Waals surface area (Å²) in [5.74, 6) is -0.0570. The van der Waals surface area contributed by atoms with Gasteiger partial charge in [-0.1, -0.05) is 0 Å². The molecule has 0 atom stereocenters. The number of halogens is 1.